The number of benzene rings is 1. The number of nitrogens with zero attached hydrogens (tertiary/aromatic N) is 2. The maximum absolute atomic E-state index is 13.9. The first kappa shape index (κ1) is 20.4. The third kappa shape index (κ3) is 4.61. The quantitative estimate of drug-likeness (QED) is 0.764. The minimum Gasteiger partial charge on any atom is -0.455 e. The second kappa shape index (κ2) is 8.16. The van der Waals surface area contributed by atoms with E-state index in [9.17, 15) is 24.0 Å². The Labute approximate surface area is 157 Å². The molecular weight excluding hydrogens is 353 g/mol. The molecule has 144 valence electrons. The van der Waals surface area contributed by atoms with Crippen molar-refractivity contribution in [3.63, 3.8) is 0 Å². The van der Waals surface area contributed by atoms with Gasteiger partial charge in [0.2, 0.25) is 5.91 Å². The lowest BCUT2D eigenvalue weighted by molar-refractivity contribution is -0.152. The van der Waals surface area contributed by atoms with Gasteiger partial charge in [-0.2, -0.15) is 5.26 Å². The molecule has 1 aliphatic heterocycles. The predicted molar refractivity (Wildman–Crippen MR) is 94.8 cm³/mol. The summed E-state index contributed by atoms with van der Waals surface area (Å²) in [6, 6.07) is 7.83. The zero-order valence-electron chi connectivity index (χ0n) is 15.5. The van der Waals surface area contributed by atoms with Crippen LogP contribution in [-0.4, -0.2) is 36.5 Å². The number of hydrogen-bond acceptors (Lipinski definition) is 5. The van der Waals surface area contributed by atoms with E-state index in [1.165, 1.54) is 23.1 Å². The molecular formula is C19H22FN3O4. The maximum atomic E-state index is 13.9. The Balaban J connectivity index is 1.92. The van der Waals surface area contributed by atoms with Gasteiger partial charge in [-0.25, -0.2) is 4.39 Å². The summed E-state index contributed by atoms with van der Waals surface area (Å²) in [7, 11) is 0. The average molecular weight is 375 g/mol. The summed E-state index contributed by atoms with van der Waals surface area (Å²) in [4.78, 5) is 37.5. The number of rotatable bonds is 6. The second-order valence-electron chi connectivity index (χ2n) is 6.98. The summed E-state index contributed by atoms with van der Waals surface area (Å²) < 4.78 is 18.9. The molecule has 0 bridgehead atoms. The van der Waals surface area contributed by atoms with Crippen LogP contribution in [-0.2, 0) is 19.1 Å². The highest BCUT2D eigenvalue weighted by Gasteiger charge is 2.37. The second-order valence-corrected chi connectivity index (χ2v) is 6.98. The van der Waals surface area contributed by atoms with Crippen molar-refractivity contribution in [1.82, 2.24) is 5.32 Å². The maximum Gasteiger partial charge on any atom is 0.311 e. The highest BCUT2D eigenvalue weighted by Crippen LogP contribution is 2.27. The molecule has 1 aromatic carbocycles. The number of ether oxygens (including phenoxy) is 1. The Bertz CT molecular complexity index is 789. The highest BCUT2D eigenvalue weighted by molar-refractivity contribution is 5.99. The van der Waals surface area contributed by atoms with Crippen molar-refractivity contribution in [2.45, 2.75) is 32.7 Å². The van der Waals surface area contributed by atoms with E-state index >= 15 is 0 Å². The van der Waals surface area contributed by atoms with Crippen LogP contribution < -0.4 is 10.2 Å². The Morgan fingerprint density at radius 1 is 1.44 bits per heavy atom. The summed E-state index contributed by atoms with van der Waals surface area (Å²) in [6.45, 7) is 4.60. The number of carbonyl (C=O) groups excluding carboxylic acids is 3. The van der Waals surface area contributed by atoms with Gasteiger partial charge in [-0.1, -0.05) is 26.0 Å². The van der Waals surface area contributed by atoms with Gasteiger partial charge in [0.05, 0.1) is 17.7 Å². The largest absolute Gasteiger partial charge is 0.455 e. The van der Waals surface area contributed by atoms with Crippen LogP contribution in [0, 0.1) is 29.0 Å². The first-order valence-electron chi connectivity index (χ1n) is 8.61. The lowest BCUT2D eigenvalue weighted by atomic mass is 9.90. The van der Waals surface area contributed by atoms with Gasteiger partial charge < -0.3 is 15.0 Å². The van der Waals surface area contributed by atoms with Gasteiger partial charge in [-0.15, -0.1) is 0 Å². The number of nitriles is 1. The lowest BCUT2D eigenvalue weighted by Crippen LogP contribution is -2.50. The number of amides is 2. The molecule has 1 fully saturated rings. The molecule has 2 amide bonds. The number of halogens is 1. The Morgan fingerprint density at radius 3 is 2.70 bits per heavy atom. The van der Waals surface area contributed by atoms with Gasteiger partial charge in [0, 0.05) is 13.0 Å². The minimum absolute atomic E-state index is 0.0118. The summed E-state index contributed by atoms with van der Waals surface area (Å²) >= 11 is 0. The van der Waals surface area contributed by atoms with E-state index in [0.717, 1.165) is 0 Å². The average Bonchev–Trinajstić information content (AvgIpc) is 3.01. The number of para-hydroxylation sites is 1. The van der Waals surface area contributed by atoms with Gasteiger partial charge >= 0.3 is 5.97 Å². The first-order chi connectivity index (χ1) is 12.7. The fourth-order valence-electron chi connectivity index (χ4n) is 2.65. The van der Waals surface area contributed by atoms with Gasteiger partial charge in [0.15, 0.2) is 6.61 Å². The molecule has 2 rings (SSSR count). The van der Waals surface area contributed by atoms with Crippen molar-refractivity contribution in [1.29, 1.82) is 5.26 Å². The predicted octanol–water partition coefficient (Wildman–Crippen LogP) is 1.78. The molecule has 0 spiro atoms. The van der Waals surface area contributed by atoms with E-state index in [-0.39, 0.29) is 30.5 Å². The highest BCUT2D eigenvalue weighted by atomic mass is 19.1. The van der Waals surface area contributed by atoms with Crippen molar-refractivity contribution in [3.05, 3.63) is 30.1 Å². The molecule has 0 radical (unpaired) electrons. The number of carbonyl (C=O) groups is 3. The summed E-state index contributed by atoms with van der Waals surface area (Å²) in [5.74, 6) is -3.16. The van der Waals surface area contributed by atoms with Gasteiger partial charge in [-0.3, -0.25) is 14.4 Å². The van der Waals surface area contributed by atoms with Crippen LogP contribution in [0.25, 0.3) is 0 Å². The molecule has 1 aromatic rings. The zero-order chi connectivity index (χ0) is 20.2. The molecule has 0 saturated carbocycles. The van der Waals surface area contributed by atoms with Crippen LogP contribution in [0.2, 0.25) is 0 Å². The molecule has 1 heterocycles. The van der Waals surface area contributed by atoms with Crippen LogP contribution in [0.3, 0.4) is 0 Å². The fourth-order valence-corrected chi connectivity index (χ4v) is 2.65. The standard InChI is InChI=1S/C19H22FN3O4/c1-12(2)19(3,11-21)22-16(24)10-27-18(26)13-8-17(25)23(9-13)15-7-5-4-6-14(15)20/h4-7,12-13H,8-10H2,1-3H3,(H,22,24)/t13-,19+/m0/s1. The smallest absolute Gasteiger partial charge is 0.311 e. The Kier molecular flexibility index (Phi) is 6.16. The van der Waals surface area contributed by atoms with Crippen molar-refractivity contribution < 1.29 is 23.5 Å². The summed E-state index contributed by atoms with van der Waals surface area (Å²) in [5.41, 5.74) is -0.966. The molecule has 0 unspecified atom stereocenters. The third-order valence-electron chi connectivity index (χ3n) is 4.73. The SMILES string of the molecule is CC(C)[C@@](C)(C#N)NC(=O)COC(=O)[C@H]1CC(=O)N(c2ccccc2F)C1. The lowest BCUT2D eigenvalue weighted by Gasteiger charge is -2.27. The van der Waals surface area contributed by atoms with Crippen LogP contribution >= 0.6 is 0 Å². The summed E-state index contributed by atoms with van der Waals surface area (Å²) in [6.07, 6.45) is -0.114. The summed E-state index contributed by atoms with van der Waals surface area (Å²) in [5, 5.41) is 11.7. The van der Waals surface area contributed by atoms with Gasteiger partial charge in [0.25, 0.3) is 5.91 Å². The topological polar surface area (TPSA) is 99.5 Å². The molecule has 27 heavy (non-hydrogen) atoms. The normalized spacial score (nSPS) is 18.7. The van der Waals surface area contributed by atoms with E-state index in [1.54, 1.807) is 26.8 Å². The Hall–Kier alpha value is -2.95. The molecule has 0 aromatic heterocycles. The number of hydrogen-bond donors (Lipinski definition) is 1. The molecule has 8 heteroatoms. The monoisotopic (exact) mass is 375 g/mol. The van der Waals surface area contributed by atoms with Crippen molar-refractivity contribution >= 4 is 23.5 Å². The zero-order valence-corrected chi connectivity index (χ0v) is 15.5. The van der Waals surface area contributed by atoms with E-state index < -0.39 is 35.8 Å². The number of nitrogens with one attached hydrogen (secondary N) is 1. The van der Waals surface area contributed by atoms with Crippen LogP contribution in [0.4, 0.5) is 10.1 Å². The molecule has 7 nitrogen and oxygen atoms in total. The van der Waals surface area contributed by atoms with E-state index in [4.69, 9.17) is 4.74 Å². The van der Waals surface area contributed by atoms with E-state index in [1.807, 2.05) is 6.07 Å². The number of anilines is 1. The molecule has 1 aliphatic rings. The molecule has 2 atom stereocenters. The van der Waals surface area contributed by atoms with Gasteiger partial charge in [0.1, 0.15) is 11.4 Å². The Morgan fingerprint density at radius 2 is 2.11 bits per heavy atom. The third-order valence-corrected chi connectivity index (χ3v) is 4.73. The fraction of sp³-hybridized carbons (Fsp3) is 0.474. The molecule has 1 N–H and O–H groups in total. The van der Waals surface area contributed by atoms with E-state index in [0.29, 0.717) is 0 Å². The first-order valence-corrected chi connectivity index (χ1v) is 8.61. The van der Waals surface area contributed by atoms with E-state index in [2.05, 4.69) is 5.32 Å². The van der Waals surface area contributed by atoms with Crippen molar-refractivity contribution in [2.24, 2.45) is 11.8 Å². The number of esters is 1. The molecule has 1 saturated heterocycles. The molecule has 0 aliphatic carbocycles. The van der Waals surface area contributed by atoms with Crippen LogP contribution in [0.1, 0.15) is 27.2 Å². The minimum atomic E-state index is -1.07. The van der Waals surface area contributed by atoms with Crippen molar-refractivity contribution in [3.8, 4) is 6.07 Å². The van der Waals surface area contributed by atoms with Crippen molar-refractivity contribution in [2.75, 3.05) is 18.1 Å². The van der Waals surface area contributed by atoms with Crippen LogP contribution in [0.5, 0.6) is 0 Å². The van der Waals surface area contributed by atoms with Crippen LogP contribution in [0.15, 0.2) is 24.3 Å². The van der Waals surface area contributed by atoms with Gasteiger partial charge in [-0.05, 0) is 25.0 Å².